The Morgan fingerprint density at radius 1 is 0.519 bits per heavy atom. The summed E-state index contributed by atoms with van der Waals surface area (Å²) < 4.78 is 68.5. The number of ether oxygens (including phenoxy) is 11. The zero-order valence-corrected chi connectivity index (χ0v) is 47.6. The van der Waals surface area contributed by atoms with Gasteiger partial charge in [0, 0.05) is 12.8 Å². The average molecular weight is 1110 g/mol. The van der Waals surface area contributed by atoms with Crippen molar-refractivity contribution < 1.29 is 97.1 Å². The summed E-state index contributed by atoms with van der Waals surface area (Å²) >= 11 is 0. The van der Waals surface area contributed by atoms with Gasteiger partial charge in [-0.1, -0.05) is 137 Å². The Balaban J connectivity index is 1.37. The fraction of sp³-hybridized carbons (Fsp3) is 0.947. The molecular weight excluding hydrogens is 1000 g/mol. The van der Waals surface area contributed by atoms with Crippen LogP contribution in [0.1, 0.15) is 209 Å². The molecule has 20 nitrogen and oxygen atoms in total. The largest absolute Gasteiger partial charge is 0.456 e. The lowest BCUT2D eigenvalue weighted by Gasteiger charge is -2.49. The third-order valence-electron chi connectivity index (χ3n) is 16.1. The molecule has 5 heterocycles. The molecule has 2 bridgehead atoms. The summed E-state index contributed by atoms with van der Waals surface area (Å²) in [6, 6.07) is 0. The van der Waals surface area contributed by atoms with Crippen molar-refractivity contribution in [3.8, 4) is 0 Å². The minimum Gasteiger partial charge on any atom is -0.456 e. The molecule has 5 fully saturated rings. The monoisotopic (exact) mass is 1100 g/mol. The van der Waals surface area contributed by atoms with Crippen LogP contribution in [0.2, 0.25) is 0 Å². The van der Waals surface area contributed by atoms with Crippen LogP contribution in [0.5, 0.6) is 0 Å². The van der Waals surface area contributed by atoms with Gasteiger partial charge in [-0.2, -0.15) is 0 Å². The molecule has 0 saturated carbocycles. The van der Waals surface area contributed by atoms with Crippen molar-refractivity contribution in [3.05, 3.63) is 0 Å². The van der Waals surface area contributed by atoms with E-state index in [9.17, 15) is 45.0 Å². The first kappa shape index (κ1) is 65.7. The number of esters is 3. The number of aliphatic hydroxyl groups is 6. The van der Waals surface area contributed by atoms with E-state index in [0.717, 1.165) is 96.3 Å². The zero-order chi connectivity index (χ0) is 56.2. The summed E-state index contributed by atoms with van der Waals surface area (Å²) in [5, 5.41) is 69.3. The van der Waals surface area contributed by atoms with Crippen LogP contribution in [0.3, 0.4) is 0 Å². The predicted molar refractivity (Wildman–Crippen MR) is 280 cm³/mol. The topological polar surface area (TPSA) is 274 Å². The summed E-state index contributed by atoms with van der Waals surface area (Å²) in [6.45, 7) is 14.0. The van der Waals surface area contributed by atoms with Gasteiger partial charge in [-0.25, -0.2) is 0 Å². The SMILES string of the molecule is CCCCCCCCCCCC(=O)O[C@H]1[C@H](O[C@@H]2[C@@H](OC(=O)[C@@H](C)CC)[C@@H](O)[C@H](O[C@@H]3[C@H]4OC(=O)CCCCCCCCC[C@H](CCCCC)O[C@@H]5O[C@H](C)[C@H](O)[C@H](O)[C@H]5O[C@@H](O[C@H]3C)[C@H]4O)O[C@H]2C)O[C@@H](C)[C@@H](O)[C@H]1O. The fourth-order valence-electron chi connectivity index (χ4n) is 10.8. The van der Waals surface area contributed by atoms with Crippen molar-refractivity contribution in [3.63, 3.8) is 0 Å². The molecule has 0 aliphatic carbocycles. The van der Waals surface area contributed by atoms with Gasteiger partial charge in [-0.05, 0) is 59.8 Å². The number of carbonyl (C=O) groups is 3. The highest BCUT2D eigenvalue weighted by Gasteiger charge is 2.57. The van der Waals surface area contributed by atoms with Gasteiger partial charge in [0.2, 0.25) is 0 Å². The molecule has 6 N–H and O–H groups in total. The van der Waals surface area contributed by atoms with Gasteiger partial charge in [-0.15, -0.1) is 0 Å². The molecule has 0 spiro atoms. The lowest BCUT2D eigenvalue weighted by atomic mass is 9.95. The van der Waals surface area contributed by atoms with Crippen LogP contribution >= 0.6 is 0 Å². The number of fused-ring (bicyclic) bond motifs is 3. The molecule has 0 aromatic carbocycles. The van der Waals surface area contributed by atoms with Crippen LogP contribution in [-0.2, 0) is 66.5 Å². The second-order valence-corrected chi connectivity index (χ2v) is 22.5. The van der Waals surface area contributed by atoms with Crippen LogP contribution in [0.15, 0.2) is 0 Å². The molecule has 0 aromatic heterocycles. The minimum absolute atomic E-state index is 0.0285. The molecular formula is C57H100O20. The second kappa shape index (κ2) is 33.7. The van der Waals surface area contributed by atoms with E-state index in [-0.39, 0.29) is 18.9 Å². The lowest BCUT2D eigenvalue weighted by molar-refractivity contribution is -0.387. The third kappa shape index (κ3) is 19.5. The third-order valence-corrected chi connectivity index (χ3v) is 16.1. The van der Waals surface area contributed by atoms with Gasteiger partial charge in [0.15, 0.2) is 43.5 Å². The van der Waals surface area contributed by atoms with Gasteiger partial charge < -0.3 is 82.7 Å². The molecule has 5 aliphatic heterocycles. The number of rotatable bonds is 22. The van der Waals surface area contributed by atoms with E-state index in [1.807, 2.05) is 0 Å². The first-order valence-electron chi connectivity index (χ1n) is 29.8. The van der Waals surface area contributed by atoms with E-state index in [2.05, 4.69) is 13.8 Å². The van der Waals surface area contributed by atoms with Gasteiger partial charge in [-0.3, -0.25) is 14.4 Å². The highest BCUT2D eigenvalue weighted by Crippen LogP contribution is 2.38. The maximum absolute atomic E-state index is 13.7. The van der Waals surface area contributed by atoms with Crippen molar-refractivity contribution in [2.24, 2.45) is 5.92 Å². The first-order chi connectivity index (χ1) is 36.9. The standard InChI is InChI=1S/C57H100O20/c1-9-12-14-15-16-17-20-23-28-32-40(59)73-51-43(62)41(60)35(6)68-57(51)76-48-37(8)69-54(46(65)50(48)74-53(66)33(4)11-3)75-47-36(7)70-55-45(64)49(47)72-39(58)31-27-24-21-18-19-22-26-30-38(29-25-13-10-2)71-56-52(77-55)44(63)42(61)34(5)67-56/h33-38,41-52,54-57,60-65H,9-32H2,1-8H3/t33-,34+,35-,36-,37-,38-,41+,42-,43+,44-,45-,46+,47-,48-,49-,50-,51+,52+,54-,55+,56-,57-/m0/s1. The summed E-state index contributed by atoms with van der Waals surface area (Å²) in [7, 11) is 0. The molecule has 5 saturated heterocycles. The second-order valence-electron chi connectivity index (χ2n) is 22.5. The summed E-state index contributed by atoms with van der Waals surface area (Å²) in [5.74, 6) is -2.57. The first-order valence-corrected chi connectivity index (χ1v) is 29.8. The number of hydrogen-bond donors (Lipinski definition) is 6. The van der Waals surface area contributed by atoms with E-state index in [1.54, 1.807) is 34.6 Å². The van der Waals surface area contributed by atoms with Crippen molar-refractivity contribution in [2.45, 2.75) is 338 Å². The Labute approximate surface area is 458 Å². The van der Waals surface area contributed by atoms with Crippen LogP contribution in [0.25, 0.3) is 0 Å². The molecule has 77 heavy (non-hydrogen) atoms. The maximum atomic E-state index is 13.7. The van der Waals surface area contributed by atoms with Crippen LogP contribution in [0.4, 0.5) is 0 Å². The van der Waals surface area contributed by atoms with Crippen LogP contribution < -0.4 is 0 Å². The van der Waals surface area contributed by atoms with Crippen molar-refractivity contribution in [1.82, 2.24) is 0 Å². The van der Waals surface area contributed by atoms with E-state index in [0.29, 0.717) is 19.3 Å². The molecule has 22 atom stereocenters. The lowest BCUT2D eigenvalue weighted by Crippen LogP contribution is -2.67. The van der Waals surface area contributed by atoms with Crippen molar-refractivity contribution in [2.75, 3.05) is 0 Å². The Morgan fingerprint density at radius 3 is 1.75 bits per heavy atom. The van der Waals surface area contributed by atoms with E-state index in [4.69, 9.17) is 52.1 Å². The van der Waals surface area contributed by atoms with Gasteiger partial charge in [0.1, 0.15) is 54.9 Å². The molecule has 448 valence electrons. The highest BCUT2D eigenvalue weighted by atomic mass is 16.8. The minimum atomic E-state index is -1.83. The summed E-state index contributed by atoms with van der Waals surface area (Å²) in [4.78, 5) is 40.6. The number of carbonyl (C=O) groups excluding carboxylic acids is 3. The summed E-state index contributed by atoms with van der Waals surface area (Å²) in [5.41, 5.74) is 0. The quantitative estimate of drug-likeness (QED) is 0.0385. The van der Waals surface area contributed by atoms with Crippen LogP contribution in [-0.4, -0.2) is 177 Å². The zero-order valence-electron chi connectivity index (χ0n) is 47.6. The smallest absolute Gasteiger partial charge is 0.309 e. The molecule has 5 aliphatic rings. The number of unbranched alkanes of at least 4 members (excludes halogenated alkanes) is 10. The Morgan fingerprint density at radius 2 is 1.08 bits per heavy atom. The van der Waals surface area contributed by atoms with Crippen LogP contribution in [0, 0.1) is 5.92 Å². The van der Waals surface area contributed by atoms with Gasteiger partial charge >= 0.3 is 17.9 Å². The van der Waals surface area contributed by atoms with Gasteiger partial charge in [0.05, 0.1) is 36.4 Å². The summed E-state index contributed by atoms with van der Waals surface area (Å²) in [6.07, 6.45) is -8.02. The molecule has 0 aromatic rings. The Kier molecular flexibility index (Phi) is 28.7. The van der Waals surface area contributed by atoms with E-state index >= 15 is 0 Å². The van der Waals surface area contributed by atoms with E-state index in [1.165, 1.54) is 32.6 Å². The maximum Gasteiger partial charge on any atom is 0.309 e. The number of hydrogen-bond acceptors (Lipinski definition) is 20. The molecule has 0 radical (unpaired) electrons. The molecule has 0 unspecified atom stereocenters. The molecule has 5 rings (SSSR count). The van der Waals surface area contributed by atoms with Crippen molar-refractivity contribution >= 4 is 17.9 Å². The normalized spacial score (nSPS) is 39.5. The fourth-order valence-corrected chi connectivity index (χ4v) is 10.8. The Bertz CT molecular complexity index is 1690. The van der Waals surface area contributed by atoms with E-state index < -0.39 is 147 Å². The molecule has 0 amide bonds. The number of aliphatic hydroxyl groups excluding tert-OH is 6. The van der Waals surface area contributed by atoms with Gasteiger partial charge in [0.25, 0.3) is 0 Å². The highest BCUT2D eigenvalue weighted by molar-refractivity contribution is 5.72. The average Bonchev–Trinajstić information content (AvgIpc) is 3.40. The van der Waals surface area contributed by atoms with Crippen molar-refractivity contribution in [1.29, 1.82) is 0 Å². The molecule has 20 heteroatoms. The predicted octanol–water partition coefficient (Wildman–Crippen LogP) is 6.48. The Hall–Kier alpha value is -2.15.